The summed E-state index contributed by atoms with van der Waals surface area (Å²) in [5.74, 6) is 0.153. The average molecular weight is 467 g/mol. The molecular weight excluding hydrogens is 416 g/mol. The van der Waals surface area contributed by atoms with Crippen molar-refractivity contribution in [3.05, 3.63) is 0 Å². The first kappa shape index (κ1) is 40.5. The highest BCUT2D eigenvalue weighted by Crippen LogP contribution is 2.22. The van der Waals surface area contributed by atoms with Gasteiger partial charge in [0.2, 0.25) is 0 Å². The third-order valence-electron chi connectivity index (χ3n) is 3.78. The quantitative estimate of drug-likeness (QED) is 0.446. The molecule has 0 radical (unpaired) electrons. The summed E-state index contributed by atoms with van der Waals surface area (Å²) in [5, 5.41) is 0. The van der Waals surface area contributed by atoms with E-state index in [2.05, 4.69) is 25.9 Å². The van der Waals surface area contributed by atoms with E-state index in [1.807, 2.05) is 27.7 Å². The lowest BCUT2D eigenvalue weighted by atomic mass is 9.83. The van der Waals surface area contributed by atoms with Gasteiger partial charge in [0.1, 0.15) is 12.4 Å². The fourth-order valence-corrected chi connectivity index (χ4v) is 1.25. The molecule has 0 aliphatic rings. The lowest BCUT2D eigenvalue weighted by molar-refractivity contribution is -0.141. The summed E-state index contributed by atoms with van der Waals surface area (Å²) in [4.78, 5) is 41.1. The van der Waals surface area contributed by atoms with Crippen LogP contribution in [0.4, 0.5) is 0 Å². The lowest BCUT2D eigenvalue weighted by Gasteiger charge is -2.19. The lowest BCUT2D eigenvalue weighted by Crippen LogP contribution is -2.22. The molecule has 0 bridgehead atoms. The number of esters is 2. The van der Waals surface area contributed by atoms with Crippen molar-refractivity contribution >= 4 is 23.5 Å². The Balaban J connectivity index is -0.0000000984. The van der Waals surface area contributed by atoms with Crippen LogP contribution >= 0.6 is 0 Å². The van der Waals surface area contributed by atoms with E-state index in [1.54, 1.807) is 21.0 Å². The highest BCUT2D eigenvalue weighted by molar-refractivity contribution is 5.83. The first-order chi connectivity index (χ1) is 14.8. The van der Waals surface area contributed by atoms with Crippen molar-refractivity contribution in [2.75, 3.05) is 41.7 Å². The Hall–Kier alpha value is -1.80. The van der Waals surface area contributed by atoms with Gasteiger partial charge in [-0.25, -0.2) is 0 Å². The molecule has 0 atom stereocenters. The molecule has 32 heavy (non-hydrogen) atoms. The van der Waals surface area contributed by atoms with Crippen LogP contribution in [0.3, 0.4) is 0 Å². The topological polar surface area (TPSA) is 105 Å². The van der Waals surface area contributed by atoms with E-state index in [0.717, 1.165) is 25.9 Å². The number of Topliss-reactive ketones (excluding diaryl/α,β-unsaturated/α-hetero) is 2. The Kier molecular flexibility index (Phi) is 39.8. The van der Waals surface area contributed by atoms with Crippen LogP contribution < -0.4 is 0 Å². The number of hydrogen-bond donors (Lipinski definition) is 0. The molecule has 0 aromatic rings. The predicted octanol–water partition coefficient (Wildman–Crippen LogP) is 4.81. The summed E-state index contributed by atoms with van der Waals surface area (Å²) in [6.45, 7) is 16.2. The van der Waals surface area contributed by atoms with Crippen molar-refractivity contribution in [3.63, 3.8) is 0 Å². The van der Waals surface area contributed by atoms with Crippen LogP contribution in [0.15, 0.2) is 0 Å². The second kappa shape index (κ2) is 31.4. The summed E-state index contributed by atoms with van der Waals surface area (Å²) in [6, 6.07) is 0. The van der Waals surface area contributed by atoms with E-state index in [-0.39, 0.29) is 29.7 Å². The van der Waals surface area contributed by atoms with Gasteiger partial charge in [-0.2, -0.15) is 0 Å². The number of ether oxygens (including phenoxy) is 4. The number of ketones is 2. The molecule has 0 aliphatic heterocycles. The van der Waals surface area contributed by atoms with Crippen LogP contribution in [0.5, 0.6) is 0 Å². The fraction of sp³-hybridized carbons (Fsp3) is 0.833. The molecule has 0 spiro atoms. The minimum atomic E-state index is -0.157. The molecule has 194 valence electrons. The Bertz CT molecular complexity index is 415. The van der Waals surface area contributed by atoms with Crippen molar-refractivity contribution < 1.29 is 38.1 Å². The normalized spacial score (nSPS) is 9.00. The molecule has 0 aliphatic carbocycles. The molecule has 0 aromatic heterocycles. The third kappa shape index (κ3) is 42.3. The Morgan fingerprint density at radius 2 is 1.09 bits per heavy atom. The Morgan fingerprint density at radius 1 is 0.719 bits per heavy atom. The summed E-state index contributed by atoms with van der Waals surface area (Å²) < 4.78 is 17.5. The van der Waals surface area contributed by atoms with Crippen molar-refractivity contribution in [2.45, 2.75) is 87.5 Å². The van der Waals surface area contributed by atoms with Crippen LogP contribution in [0.1, 0.15) is 87.5 Å². The van der Waals surface area contributed by atoms with Crippen molar-refractivity contribution in [3.8, 4) is 0 Å². The molecule has 0 unspecified atom stereocenters. The molecule has 8 nitrogen and oxygen atoms in total. The van der Waals surface area contributed by atoms with E-state index in [9.17, 15) is 19.2 Å². The van der Waals surface area contributed by atoms with Gasteiger partial charge in [-0.15, -0.1) is 0 Å². The molecule has 0 heterocycles. The monoisotopic (exact) mass is 466 g/mol. The van der Waals surface area contributed by atoms with Gasteiger partial charge < -0.3 is 18.9 Å². The van der Waals surface area contributed by atoms with Gasteiger partial charge in [-0.3, -0.25) is 19.2 Å². The zero-order chi connectivity index (χ0) is 26.6. The van der Waals surface area contributed by atoms with Crippen molar-refractivity contribution in [1.82, 2.24) is 0 Å². The number of methoxy groups -OCH3 is 4. The maximum Gasteiger partial charge on any atom is 0.305 e. The average Bonchev–Trinajstić information content (AvgIpc) is 2.79. The summed E-state index contributed by atoms with van der Waals surface area (Å²) in [7, 11) is 5.94. The maximum atomic E-state index is 11.3. The summed E-state index contributed by atoms with van der Waals surface area (Å²) in [6.07, 6.45) is 3.60. The van der Waals surface area contributed by atoms with Crippen LogP contribution in [0.2, 0.25) is 0 Å². The predicted molar refractivity (Wildman–Crippen MR) is 129 cm³/mol. The third-order valence-corrected chi connectivity index (χ3v) is 3.78. The highest BCUT2D eigenvalue weighted by Gasteiger charge is 2.23. The highest BCUT2D eigenvalue weighted by atomic mass is 16.5. The van der Waals surface area contributed by atoms with E-state index in [0.29, 0.717) is 18.6 Å². The minimum absolute atomic E-state index is 0.0671. The fourth-order valence-electron chi connectivity index (χ4n) is 1.25. The van der Waals surface area contributed by atoms with Crippen LogP contribution in [0.25, 0.3) is 0 Å². The van der Waals surface area contributed by atoms with Gasteiger partial charge in [-0.1, -0.05) is 41.5 Å². The van der Waals surface area contributed by atoms with Crippen LogP contribution in [-0.2, 0) is 38.1 Å². The van der Waals surface area contributed by atoms with E-state index < -0.39 is 0 Å². The maximum absolute atomic E-state index is 11.3. The van der Waals surface area contributed by atoms with Crippen molar-refractivity contribution in [1.29, 1.82) is 0 Å². The van der Waals surface area contributed by atoms with E-state index in [4.69, 9.17) is 0 Å². The first-order valence-electron chi connectivity index (χ1n) is 11.0. The molecule has 0 aromatic carbocycles. The van der Waals surface area contributed by atoms with Crippen molar-refractivity contribution in [2.24, 2.45) is 5.41 Å². The number of carbonyl (C=O) groups excluding carboxylic acids is 4. The molecule has 0 fully saturated rings. The van der Waals surface area contributed by atoms with E-state index >= 15 is 0 Å². The Labute approximate surface area is 196 Å². The van der Waals surface area contributed by atoms with Crippen LogP contribution in [0, 0.1) is 5.41 Å². The smallest absolute Gasteiger partial charge is 0.305 e. The second-order valence-electron chi connectivity index (χ2n) is 6.98. The number of carbonyl (C=O) groups is 4. The standard InChI is InChI=1S/C9H18O.3C4H8O2.C3H8O/c1-5-7-8(10)9(3,4)6-2;1-4(5)3-6-2;2*1-3-4(5)6-2;1-3-4-2/h5-7H2,1-4H3;3*3H2,1-2H3;3H2,1-2H3. The molecule has 0 rings (SSSR count). The second-order valence-corrected chi connectivity index (χ2v) is 6.98. The molecule has 0 saturated heterocycles. The van der Waals surface area contributed by atoms with E-state index in [1.165, 1.54) is 28.3 Å². The zero-order valence-electron chi connectivity index (χ0n) is 22.7. The minimum Gasteiger partial charge on any atom is -0.469 e. The van der Waals surface area contributed by atoms with Gasteiger partial charge in [0.05, 0.1) is 14.2 Å². The Morgan fingerprint density at radius 3 is 1.19 bits per heavy atom. The van der Waals surface area contributed by atoms with Gasteiger partial charge in [0.25, 0.3) is 0 Å². The summed E-state index contributed by atoms with van der Waals surface area (Å²) >= 11 is 0. The zero-order valence-corrected chi connectivity index (χ0v) is 22.7. The molecule has 0 N–H and O–H groups in total. The molecule has 8 heteroatoms. The largest absolute Gasteiger partial charge is 0.469 e. The number of rotatable bonds is 9. The van der Waals surface area contributed by atoms with Gasteiger partial charge in [0.15, 0.2) is 5.78 Å². The SMILES string of the molecule is CCC(=O)OC.CCC(=O)OC.CCCC(=O)C(C)(C)CC.CCOC.COCC(C)=O. The molecular formula is C24H50O8. The molecule has 0 amide bonds. The summed E-state index contributed by atoms with van der Waals surface area (Å²) in [5.41, 5.74) is -0.0873. The van der Waals surface area contributed by atoms with Gasteiger partial charge in [0, 0.05) is 45.5 Å². The van der Waals surface area contributed by atoms with Gasteiger partial charge >= 0.3 is 11.9 Å². The van der Waals surface area contributed by atoms with Gasteiger partial charge in [-0.05, 0) is 26.7 Å². The number of hydrogen-bond acceptors (Lipinski definition) is 8. The van der Waals surface area contributed by atoms with Crippen LogP contribution in [-0.4, -0.2) is 65.2 Å². The molecule has 0 saturated carbocycles. The first-order valence-corrected chi connectivity index (χ1v) is 11.0.